The van der Waals surface area contributed by atoms with Crippen molar-refractivity contribution in [3.63, 3.8) is 0 Å². The Balaban J connectivity index is 1.25. The molecule has 2 amide bonds. The summed E-state index contributed by atoms with van der Waals surface area (Å²) in [6.45, 7) is 2.70. The first-order valence-corrected chi connectivity index (χ1v) is 10.8. The van der Waals surface area contributed by atoms with E-state index in [9.17, 15) is 9.59 Å². The van der Waals surface area contributed by atoms with Gasteiger partial charge in [-0.05, 0) is 43.5 Å². The molecule has 4 atom stereocenters. The fraction of sp³-hybridized carbons (Fsp3) is 0.417. The van der Waals surface area contributed by atoms with Crippen LogP contribution in [0.25, 0.3) is 0 Å². The molecule has 0 radical (unpaired) electrons. The minimum atomic E-state index is -0.285. The van der Waals surface area contributed by atoms with Gasteiger partial charge in [0.25, 0.3) is 5.91 Å². The summed E-state index contributed by atoms with van der Waals surface area (Å²) in [7, 11) is 0. The van der Waals surface area contributed by atoms with Crippen LogP contribution in [0.4, 0.5) is 0 Å². The summed E-state index contributed by atoms with van der Waals surface area (Å²) in [4.78, 5) is 25.2. The van der Waals surface area contributed by atoms with E-state index >= 15 is 0 Å². The second-order valence-electron chi connectivity index (χ2n) is 8.43. The molecule has 7 heteroatoms. The van der Waals surface area contributed by atoms with Gasteiger partial charge >= 0.3 is 0 Å². The molecule has 7 nitrogen and oxygen atoms in total. The Morgan fingerprint density at radius 1 is 0.871 bits per heavy atom. The molecule has 162 valence electrons. The van der Waals surface area contributed by atoms with E-state index in [2.05, 4.69) is 10.6 Å². The molecule has 2 aromatic rings. The zero-order valence-corrected chi connectivity index (χ0v) is 17.4. The number of hydrogen-bond acceptors (Lipinski definition) is 5. The highest BCUT2D eigenvalue weighted by atomic mass is 16.6. The fourth-order valence-electron chi connectivity index (χ4n) is 4.17. The largest absolute Gasteiger partial charge is 0.456 e. The van der Waals surface area contributed by atoms with E-state index in [1.807, 2.05) is 43.3 Å². The molecule has 0 bridgehead atoms. The molecular weight excluding hydrogens is 396 g/mol. The first-order chi connectivity index (χ1) is 15.1. The number of nitrogens with one attached hydrogen (secondary N) is 2. The first kappa shape index (κ1) is 20.0. The first-order valence-electron chi connectivity index (χ1n) is 10.8. The van der Waals surface area contributed by atoms with Gasteiger partial charge in [-0.3, -0.25) is 9.59 Å². The molecule has 5 rings (SSSR count). The van der Waals surface area contributed by atoms with Gasteiger partial charge in [-0.1, -0.05) is 30.3 Å². The maximum absolute atomic E-state index is 13.1. The number of para-hydroxylation sites is 2. The number of benzene rings is 2. The van der Waals surface area contributed by atoms with Crippen molar-refractivity contribution in [1.29, 1.82) is 0 Å². The summed E-state index contributed by atoms with van der Waals surface area (Å²) >= 11 is 0. The highest BCUT2D eigenvalue weighted by molar-refractivity contribution is 5.97. The number of carbonyl (C=O) groups excluding carboxylic acids is 2. The molecule has 0 aromatic heterocycles. The normalized spacial score (nSPS) is 26.9. The summed E-state index contributed by atoms with van der Waals surface area (Å²) in [5.41, 5.74) is 1.44. The molecule has 2 aliphatic heterocycles. The molecule has 2 aromatic carbocycles. The Kier molecular flexibility index (Phi) is 5.38. The van der Waals surface area contributed by atoms with Gasteiger partial charge in [0.1, 0.15) is 23.7 Å². The fourth-order valence-corrected chi connectivity index (χ4v) is 4.17. The number of ether oxygens (including phenoxy) is 3. The highest BCUT2D eigenvalue weighted by Crippen LogP contribution is 2.32. The van der Waals surface area contributed by atoms with Crippen molar-refractivity contribution in [1.82, 2.24) is 10.6 Å². The molecule has 1 saturated carbocycles. The SMILES string of the molecule is Cc1ccccc1Oc1ccccc1C(=O)NC1COC2C(NC(=O)C3CC3)COC12. The number of fused-ring (bicyclic) bond motifs is 1. The minimum Gasteiger partial charge on any atom is -0.456 e. The third-order valence-electron chi connectivity index (χ3n) is 6.09. The van der Waals surface area contributed by atoms with Gasteiger partial charge < -0.3 is 24.8 Å². The topological polar surface area (TPSA) is 85.9 Å². The van der Waals surface area contributed by atoms with Crippen molar-refractivity contribution in [2.75, 3.05) is 13.2 Å². The molecular formula is C24H26N2O5. The molecule has 2 heterocycles. The summed E-state index contributed by atoms with van der Waals surface area (Å²) in [6, 6.07) is 14.4. The van der Waals surface area contributed by atoms with Crippen molar-refractivity contribution < 1.29 is 23.8 Å². The monoisotopic (exact) mass is 422 g/mol. The Morgan fingerprint density at radius 2 is 1.48 bits per heavy atom. The van der Waals surface area contributed by atoms with Gasteiger partial charge in [0.05, 0.1) is 30.9 Å². The van der Waals surface area contributed by atoms with Crippen molar-refractivity contribution in [3.05, 3.63) is 59.7 Å². The van der Waals surface area contributed by atoms with Crippen LogP contribution in [0.1, 0.15) is 28.8 Å². The van der Waals surface area contributed by atoms with E-state index in [0.29, 0.717) is 30.3 Å². The molecule has 31 heavy (non-hydrogen) atoms. The summed E-state index contributed by atoms with van der Waals surface area (Å²) in [5.74, 6) is 1.17. The van der Waals surface area contributed by atoms with E-state index in [0.717, 1.165) is 18.4 Å². The lowest BCUT2D eigenvalue weighted by molar-refractivity contribution is -0.123. The molecule has 3 fully saturated rings. The van der Waals surface area contributed by atoms with Crippen LogP contribution in [0.5, 0.6) is 11.5 Å². The molecule has 2 N–H and O–H groups in total. The molecule has 3 aliphatic rings. The number of amides is 2. The highest BCUT2D eigenvalue weighted by Gasteiger charge is 2.49. The number of rotatable bonds is 6. The number of aryl methyl sites for hydroxylation is 1. The van der Waals surface area contributed by atoms with E-state index < -0.39 is 0 Å². The zero-order chi connectivity index (χ0) is 21.4. The molecule has 4 unspecified atom stereocenters. The predicted octanol–water partition coefficient (Wildman–Crippen LogP) is 2.58. The van der Waals surface area contributed by atoms with E-state index in [-0.39, 0.29) is 42.0 Å². The average Bonchev–Trinajstić information content (AvgIpc) is 3.45. The lowest BCUT2D eigenvalue weighted by Gasteiger charge is -2.19. The summed E-state index contributed by atoms with van der Waals surface area (Å²) in [6.07, 6.45) is 1.39. The van der Waals surface area contributed by atoms with Crippen LogP contribution in [-0.4, -0.2) is 49.3 Å². The van der Waals surface area contributed by atoms with Gasteiger partial charge in [-0.25, -0.2) is 0 Å². The van der Waals surface area contributed by atoms with Crippen molar-refractivity contribution in [3.8, 4) is 11.5 Å². The standard InChI is InChI=1S/C24H26N2O5/c1-14-6-2-4-8-19(14)31-20-9-5-3-7-16(20)24(28)26-18-13-30-21-17(12-29-22(18)21)25-23(27)15-10-11-15/h2-9,15,17-18,21-22H,10-13H2,1H3,(H,25,27)(H,26,28). The minimum absolute atomic E-state index is 0.0765. The smallest absolute Gasteiger partial charge is 0.255 e. The third kappa shape index (κ3) is 4.16. The van der Waals surface area contributed by atoms with Crippen LogP contribution < -0.4 is 15.4 Å². The second kappa shape index (κ2) is 8.32. The van der Waals surface area contributed by atoms with Crippen LogP contribution in [0.15, 0.2) is 48.5 Å². The molecule has 1 aliphatic carbocycles. The van der Waals surface area contributed by atoms with Crippen LogP contribution in [-0.2, 0) is 14.3 Å². The van der Waals surface area contributed by atoms with E-state index in [4.69, 9.17) is 14.2 Å². The van der Waals surface area contributed by atoms with Gasteiger partial charge in [0.15, 0.2) is 0 Å². The van der Waals surface area contributed by atoms with Crippen molar-refractivity contribution >= 4 is 11.8 Å². The third-order valence-corrected chi connectivity index (χ3v) is 6.09. The second-order valence-corrected chi connectivity index (χ2v) is 8.43. The van der Waals surface area contributed by atoms with Crippen LogP contribution >= 0.6 is 0 Å². The van der Waals surface area contributed by atoms with Gasteiger partial charge in [0.2, 0.25) is 5.91 Å². The molecule has 0 spiro atoms. The lowest BCUT2D eigenvalue weighted by Crippen LogP contribution is -2.47. The Hall–Kier alpha value is -2.90. The maximum atomic E-state index is 13.1. The summed E-state index contributed by atoms with van der Waals surface area (Å²) in [5, 5.41) is 6.07. The average molecular weight is 422 g/mol. The van der Waals surface area contributed by atoms with E-state index in [1.165, 1.54) is 0 Å². The maximum Gasteiger partial charge on any atom is 0.255 e. The Bertz CT molecular complexity index is 989. The summed E-state index contributed by atoms with van der Waals surface area (Å²) < 4.78 is 17.8. The van der Waals surface area contributed by atoms with Crippen LogP contribution in [0.3, 0.4) is 0 Å². The van der Waals surface area contributed by atoms with Crippen molar-refractivity contribution in [2.24, 2.45) is 5.92 Å². The van der Waals surface area contributed by atoms with Crippen molar-refractivity contribution in [2.45, 2.75) is 44.1 Å². The van der Waals surface area contributed by atoms with Crippen LogP contribution in [0, 0.1) is 12.8 Å². The van der Waals surface area contributed by atoms with Gasteiger partial charge in [-0.15, -0.1) is 0 Å². The Labute approximate surface area is 181 Å². The van der Waals surface area contributed by atoms with E-state index in [1.54, 1.807) is 12.1 Å². The zero-order valence-electron chi connectivity index (χ0n) is 17.4. The van der Waals surface area contributed by atoms with Crippen LogP contribution in [0.2, 0.25) is 0 Å². The Morgan fingerprint density at radius 3 is 2.16 bits per heavy atom. The van der Waals surface area contributed by atoms with Gasteiger partial charge in [0, 0.05) is 5.92 Å². The lowest BCUT2D eigenvalue weighted by atomic mass is 10.1. The van der Waals surface area contributed by atoms with Gasteiger partial charge in [-0.2, -0.15) is 0 Å². The number of carbonyl (C=O) groups is 2. The molecule has 2 saturated heterocycles. The number of hydrogen-bond donors (Lipinski definition) is 2. The predicted molar refractivity (Wildman–Crippen MR) is 113 cm³/mol. The quantitative estimate of drug-likeness (QED) is 0.747.